The van der Waals surface area contributed by atoms with Crippen molar-refractivity contribution in [2.24, 2.45) is 11.8 Å². The van der Waals surface area contributed by atoms with Gasteiger partial charge in [0.2, 0.25) is 11.8 Å². The van der Waals surface area contributed by atoms with E-state index in [0.29, 0.717) is 44.2 Å². The second-order valence-electron chi connectivity index (χ2n) is 16.1. The molecule has 0 bridgehead atoms. The molecule has 3 aliphatic heterocycles. The lowest BCUT2D eigenvalue weighted by molar-refractivity contribution is -0.137. The van der Waals surface area contributed by atoms with Crippen molar-refractivity contribution in [1.82, 2.24) is 40.4 Å². The maximum atomic E-state index is 14.1. The van der Waals surface area contributed by atoms with Gasteiger partial charge in [0, 0.05) is 24.1 Å². The Labute approximate surface area is 343 Å². The van der Waals surface area contributed by atoms with Crippen molar-refractivity contribution in [3.05, 3.63) is 83.6 Å². The van der Waals surface area contributed by atoms with Crippen LogP contribution < -0.4 is 10.6 Å². The molecule has 15 nitrogen and oxygen atoms in total. The van der Waals surface area contributed by atoms with Crippen molar-refractivity contribution in [2.75, 3.05) is 33.9 Å². The number of hydrogen-bond acceptors (Lipinski definition) is 9. The minimum absolute atomic E-state index is 0.115. The van der Waals surface area contributed by atoms with E-state index in [4.69, 9.17) is 19.2 Å². The summed E-state index contributed by atoms with van der Waals surface area (Å²) in [5.74, 6) is 7.23. The van der Waals surface area contributed by atoms with Crippen LogP contribution in [-0.4, -0.2) is 105 Å². The number of likely N-dealkylation sites (tertiary alicyclic amines) is 2. The number of rotatable bonds is 9. The molecule has 5 heterocycles. The first-order valence-electron chi connectivity index (χ1n) is 20.1. The largest absolute Gasteiger partial charge is 0.453 e. The van der Waals surface area contributed by atoms with E-state index in [2.05, 4.69) is 43.5 Å². The third-order valence-electron chi connectivity index (χ3n) is 11.4. The van der Waals surface area contributed by atoms with Gasteiger partial charge < -0.3 is 44.6 Å². The zero-order chi connectivity index (χ0) is 41.8. The number of carbonyl (C=O) groups excluding carboxylic acids is 4. The summed E-state index contributed by atoms with van der Waals surface area (Å²) in [6.45, 7) is 8.99. The van der Waals surface area contributed by atoms with Crippen molar-refractivity contribution >= 4 is 35.0 Å². The van der Waals surface area contributed by atoms with Crippen LogP contribution in [0.5, 0.6) is 0 Å². The van der Waals surface area contributed by atoms with Gasteiger partial charge in [0.25, 0.3) is 0 Å². The highest BCUT2D eigenvalue weighted by Gasteiger charge is 2.50. The molecular formula is C44H52N8O7. The molecule has 4 N–H and O–H groups in total. The summed E-state index contributed by atoms with van der Waals surface area (Å²) in [6.07, 6.45) is 7.40. The number of amides is 4. The van der Waals surface area contributed by atoms with Gasteiger partial charge >= 0.3 is 12.2 Å². The summed E-state index contributed by atoms with van der Waals surface area (Å²) < 4.78 is 15.9. The third-order valence-corrected chi connectivity index (χ3v) is 11.4. The maximum absolute atomic E-state index is 14.1. The van der Waals surface area contributed by atoms with Crippen LogP contribution in [0.1, 0.15) is 88.2 Å². The van der Waals surface area contributed by atoms with Crippen molar-refractivity contribution in [1.29, 1.82) is 0 Å². The van der Waals surface area contributed by atoms with E-state index in [9.17, 15) is 19.2 Å². The molecule has 2 saturated heterocycles. The van der Waals surface area contributed by atoms with E-state index in [-0.39, 0.29) is 29.7 Å². The Kier molecular flexibility index (Phi) is 12.1. The number of benzene rings is 2. The quantitative estimate of drug-likeness (QED) is 0.121. The molecule has 59 heavy (non-hydrogen) atoms. The molecule has 4 aromatic rings. The standard InChI is InChI=1S/C44H52N8O7/c1-26(2)36(49-42(55)57-5)40(53)51-20-9-10-34(51)38-45-24-33(48-38)30-16-13-28(14-17-30)11-12-29-15-18-31-32(22-29)47-39(46-31)35-23-44(19-7-8-21-59-44)25-52(35)41(54)37(27(3)4)50-43(56)58-6/h7-8,13-18,22,24,26-27,34-37H,9-10,19-21,23,25H2,1-6H3,(H,45,48)(H,46,47)(H,49,55)(H,50,56)/t34-,35-,36-,37-,44-/m0/s1. The first-order valence-corrected chi connectivity index (χ1v) is 20.1. The molecule has 15 heteroatoms. The van der Waals surface area contributed by atoms with Crippen molar-refractivity contribution in [3.63, 3.8) is 0 Å². The Bertz CT molecular complexity index is 2290. The maximum Gasteiger partial charge on any atom is 0.407 e. The summed E-state index contributed by atoms with van der Waals surface area (Å²) in [5, 5.41) is 5.41. The van der Waals surface area contributed by atoms with Gasteiger partial charge in [0.15, 0.2) is 0 Å². The normalized spacial score (nSPS) is 21.1. The Hall–Kier alpha value is -6.14. The summed E-state index contributed by atoms with van der Waals surface area (Å²) in [4.78, 5) is 71.8. The second kappa shape index (κ2) is 17.4. The van der Waals surface area contributed by atoms with Crippen LogP contribution in [0.15, 0.2) is 60.8 Å². The zero-order valence-corrected chi connectivity index (χ0v) is 34.3. The van der Waals surface area contributed by atoms with Gasteiger partial charge in [-0.2, -0.15) is 0 Å². The fourth-order valence-corrected chi connectivity index (χ4v) is 8.19. The van der Waals surface area contributed by atoms with Gasteiger partial charge in [-0.25, -0.2) is 19.6 Å². The lowest BCUT2D eigenvalue weighted by Crippen LogP contribution is -2.52. The van der Waals surface area contributed by atoms with Gasteiger partial charge in [-0.15, -0.1) is 0 Å². The van der Waals surface area contributed by atoms with Gasteiger partial charge in [-0.3, -0.25) is 9.59 Å². The molecule has 3 aliphatic rings. The number of imidazole rings is 2. The van der Waals surface area contributed by atoms with Crippen LogP contribution in [-0.2, 0) is 23.8 Å². The van der Waals surface area contributed by atoms with E-state index < -0.39 is 35.9 Å². The lowest BCUT2D eigenvalue weighted by atomic mass is 9.94. The van der Waals surface area contributed by atoms with Crippen molar-refractivity contribution in [3.8, 4) is 23.1 Å². The number of nitrogens with zero attached hydrogens (tertiary/aromatic N) is 4. The summed E-state index contributed by atoms with van der Waals surface area (Å²) in [7, 11) is 2.57. The van der Waals surface area contributed by atoms with E-state index >= 15 is 0 Å². The average Bonchev–Trinajstić information content (AvgIpc) is 4.06. The van der Waals surface area contributed by atoms with Crippen LogP contribution in [0.2, 0.25) is 0 Å². The molecule has 5 atom stereocenters. The molecule has 2 aromatic carbocycles. The highest BCUT2D eigenvalue weighted by Crippen LogP contribution is 2.43. The number of aromatic amines is 2. The van der Waals surface area contributed by atoms with E-state index in [0.717, 1.165) is 46.3 Å². The molecule has 0 radical (unpaired) electrons. The Morgan fingerprint density at radius 2 is 1.51 bits per heavy atom. The van der Waals surface area contributed by atoms with Crippen LogP contribution >= 0.6 is 0 Å². The number of H-pyrrole nitrogens is 2. The Morgan fingerprint density at radius 1 is 0.847 bits per heavy atom. The second-order valence-corrected chi connectivity index (χ2v) is 16.1. The van der Waals surface area contributed by atoms with Crippen LogP contribution in [0.3, 0.4) is 0 Å². The highest BCUT2D eigenvalue weighted by atomic mass is 16.5. The smallest absolute Gasteiger partial charge is 0.407 e. The fourth-order valence-electron chi connectivity index (χ4n) is 8.19. The molecule has 0 aliphatic carbocycles. The first kappa shape index (κ1) is 41.0. The third kappa shape index (κ3) is 8.83. The molecule has 0 unspecified atom stereocenters. The van der Waals surface area contributed by atoms with Crippen molar-refractivity contribution in [2.45, 2.75) is 83.1 Å². The lowest BCUT2D eigenvalue weighted by Gasteiger charge is -2.32. The molecule has 2 aromatic heterocycles. The number of carbonyl (C=O) groups is 4. The van der Waals surface area contributed by atoms with Crippen LogP contribution in [0.4, 0.5) is 9.59 Å². The minimum Gasteiger partial charge on any atom is -0.453 e. The molecular weight excluding hydrogens is 753 g/mol. The van der Waals surface area contributed by atoms with E-state index in [1.165, 1.54) is 14.2 Å². The van der Waals surface area contributed by atoms with Gasteiger partial charge in [0.1, 0.15) is 23.7 Å². The molecule has 0 saturated carbocycles. The fraction of sp³-hybridized carbons (Fsp3) is 0.455. The predicted octanol–water partition coefficient (Wildman–Crippen LogP) is 5.77. The molecule has 1 spiro atoms. The molecule has 7 rings (SSSR count). The SMILES string of the molecule is COC(=O)N[C@H](C(=O)N1CCC[C@H]1c1ncc(-c2ccc(C#Cc3ccc4nc([C@@H]5C[C@@]6(CC=CCO6)CN5C(=O)[C@@H](NC(=O)OC)C(C)C)[nH]c4c3)cc2)[nH]1)C(C)C. The van der Waals surface area contributed by atoms with Gasteiger partial charge in [-0.1, -0.05) is 63.8 Å². The Morgan fingerprint density at radius 3 is 2.15 bits per heavy atom. The first-order chi connectivity index (χ1) is 28.4. The van der Waals surface area contributed by atoms with Gasteiger partial charge in [0.05, 0.1) is 68.0 Å². The number of ether oxygens (including phenoxy) is 3. The van der Waals surface area contributed by atoms with Crippen LogP contribution in [0.25, 0.3) is 22.3 Å². The van der Waals surface area contributed by atoms with Crippen molar-refractivity contribution < 1.29 is 33.4 Å². The average molecular weight is 805 g/mol. The monoisotopic (exact) mass is 804 g/mol. The minimum atomic E-state index is -0.779. The van der Waals surface area contributed by atoms with Gasteiger partial charge in [-0.05, 0) is 67.0 Å². The number of nitrogens with one attached hydrogen (secondary N) is 4. The topological polar surface area (TPSA) is 184 Å². The van der Waals surface area contributed by atoms with E-state index in [1.54, 1.807) is 16.0 Å². The predicted molar refractivity (Wildman–Crippen MR) is 220 cm³/mol. The summed E-state index contributed by atoms with van der Waals surface area (Å²) >= 11 is 0. The number of aromatic nitrogens is 4. The molecule has 310 valence electrons. The zero-order valence-electron chi connectivity index (χ0n) is 34.3. The number of methoxy groups -OCH3 is 2. The Balaban J connectivity index is 1.05. The number of hydrogen-bond donors (Lipinski definition) is 4. The van der Waals surface area contributed by atoms with E-state index in [1.807, 2.05) is 76.2 Å². The molecule has 4 amide bonds. The summed E-state index contributed by atoms with van der Waals surface area (Å²) in [6, 6.07) is 11.6. The number of fused-ring (bicyclic) bond motifs is 1. The van der Waals surface area contributed by atoms with Crippen LogP contribution in [0, 0.1) is 23.7 Å². The molecule has 2 fully saturated rings. The highest BCUT2D eigenvalue weighted by molar-refractivity contribution is 5.87. The summed E-state index contributed by atoms with van der Waals surface area (Å²) in [5.41, 5.74) is 4.38. The number of alkyl carbamates (subject to hydrolysis) is 2.